The van der Waals surface area contributed by atoms with Crippen molar-refractivity contribution in [3.05, 3.63) is 0 Å². The maximum atomic E-state index is 10.6. The molecule has 1 rings (SSSR count). The molecule has 0 radical (unpaired) electrons. The second-order valence-electron chi connectivity index (χ2n) is 1.84. The molecule has 0 spiro atoms. The summed E-state index contributed by atoms with van der Waals surface area (Å²) in [5.74, 6) is 0.837. The molecule has 1 fully saturated rings. The van der Waals surface area contributed by atoms with Gasteiger partial charge in [0, 0.05) is 5.75 Å². The van der Waals surface area contributed by atoms with Crippen molar-refractivity contribution in [3.8, 4) is 0 Å². The summed E-state index contributed by atoms with van der Waals surface area (Å²) in [7, 11) is 0. The fourth-order valence-electron chi connectivity index (χ4n) is 0.703. The summed E-state index contributed by atoms with van der Waals surface area (Å²) in [5, 5.41) is 8.66. The SMILES string of the molecule is O=C1SCCC1CO. The number of thioether (sulfide) groups is 1. The molecule has 1 aliphatic rings. The molecule has 1 aliphatic heterocycles. The number of carbonyl (C=O) groups is 1. The van der Waals surface area contributed by atoms with E-state index >= 15 is 0 Å². The Bertz CT molecular complexity index is 103. The lowest BCUT2D eigenvalue weighted by molar-refractivity contribution is -0.114. The first-order valence-corrected chi connectivity index (χ1v) is 3.60. The Morgan fingerprint density at radius 3 is 2.88 bits per heavy atom. The van der Waals surface area contributed by atoms with Crippen LogP contribution in [0.1, 0.15) is 6.42 Å². The Balaban J connectivity index is 2.42. The summed E-state index contributed by atoms with van der Waals surface area (Å²) in [4.78, 5) is 10.6. The van der Waals surface area contributed by atoms with Gasteiger partial charge in [0.2, 0.25) is 0 Å². The molecule has 0 aromatic rings. The number of aliphatic hydroxyl groups excluding tert-OH is 1. The molecule has 0 amide bonds. The molecule has 0 bridgehead atoms. The van der Waals surface area contributed by atoms with Gasteiger partial charge < -0.3 is 5.11 Å². The van der Waals surface area contributed by atoms with E-state index in [9.17, 15) is 4.79 Å². The third-order valence-corrected chi connectivity index (χ3v) is 2.32. The van der Waals surface area contributed by atoms with E-state index in [2.05, 4.69) is 0 Å². The van der Waals surface area contributed by atoms with Crippen molar-refractivity contribution >= 4 is 16.9 Å². The highest BCUT2D eigenvalue weighted by Gasteiger charge is 2.23. The summed E-state index contributed by atoms with van der Waals surface area (Å²) < 4.78 is 0. The third-order valence-electron chi connectivity index (χ3n) is 1.26. The van der Waals surface area contributed by atoms with Gasteiger partial charge in [-0.05, 0) is 6.42 Å². The minimum Gasteiger partial charge on any atom is -0.396 e. The van der Waals surface area contributed by atoms with E-state index in [1.807, 2.05) is 0 Å². The van der Waals surface area contributed by atoms with Crippen molar-refractivity contribution in [2.45, 2.75) is 6.42 Å². The van der Waals surface area contributed by atoms with Gasteiger partial charge in [-0.15, -0.1) is 0 Å². The Hall–Kier alpha value is -0.0200. The van der Waals surface area contributed by atoms with E-state index in [0.717, 1.165) is 12.2 Å². The Morgan fingerprint density at radius 2 is 2.62 bits per heavy atom. The van der Waals surface area contributed by atoms with E-state index in [1.165, 1.54) is 11.8 Å². The molecule has 1 saturated heterocycles. The number of carbonyl (C=O) groups excluding carboxylic acids is 1. The predicted octanol–water partition coefficient (Wildman–Crippen LogP) is 0.258. The van der Waals surface area contributed by atoms with Gasteiger partial charge in [-0.3, -0.25) is 4.79 Å². The van der Waals surface area contributed by atoms with Crippen molar-refractivity contribution in [2.24, 2.45) is 5.92 Å². The molecule has 0 saturated carbocycles. The lowest BCUT2D eigenvalue weighted by Crippen LogP contribution is -2.08. The lowest BCUT2D eigenvalue weighted by atomic mass is 10.1. The largest absolute Gasteiger partial charge is 0.396 e. The minimum absolute atomic E-state index is 0.0336. The van der Waals surface area contributed by atoms with Crippen LogP contribution in [0.3, 0.4) is 0 Å². The smallest absolute Gasteiger partial charge is 0.194 e. The Morgan fingerprint density at radius 1 is 1.88 bits per heavy atom. The van der Waals surface area contributed by atoms with Gasteiger partial charge in [0.05, 0.1) is 12.5 Å². The van der Waals surface area contributed by atoms with Crippen molar-refractivity contribution in [3.63, 3.8) is 0 Å². The summed E-state index contributed by atoms with van der Waals surface area (Å²) >= 11 is 1.33. The van der Waals surface area contributed by atoms with Crippen molar-refractivity contribution in [1.82, 2.24) is 0 Å². The number of hydrogen-bond acceptors (Lipinski definition) is 3. The molecule has 3 heteroatoms. The summed E-state index contributed by atoms with van der Waals surface area (Å²) in [6.07, 6.45) is 0.861. The fourth-order valence-corrected chi connectivity index (χ4v) is 1.73. The number of rotatable bonds is 1. The quantitative estimate of drug-likeness (QED) is 0.556. The zero-order valence-electron chi connectivity index (χ0n) is 4.46. The molecule has 0 aliphatic carbocycles. The van der Waals surface area contributed by atoms with Gasteiger partial charge in [0.1, 0.15) is 0 Å². The number of hydrogen-bond donors (Lipinski definition) is 1. The second kappa shape index (κ2) is 2.51. The first kappa shape index (κ1) is 6.11. The van der Waals surface area contributed by atoms with Crippen LogP contribution in [0.5, 0.6) is 0 Å². The van der Waals surface area contributed by atoms with Gasteiger partial charge in [-0.2, -0.15) is 0 Å². The van der Waals surface area contributed by atoms with Crippen LogP contribution in [0.25, 0.3) is 0 Å². The van der Waals surface area contributed by atoms with E-state index < -0.39 is 0 Å². The van der Waals surface area contributed by atoms with Crippen molar-refractivity contribution in [1.29, 1.82) is 0 Å². The van der Waals surface area contributed by atoms with Crippen LogP contribution >= 0.6 is 11.8 Å². The summed E-state index contributed by atoms with van der Waals surface area (Å²) in [6, 6.07) is 0. The first-order chi connectivity index (χ1) is 3.84. The highest BCUT2D eigenvalue weighted by molar-refractivity contribution is 8.14. The summed E-state index contributed by atoms with van der Waals surface area (Å²) in [5.41, 5.74) is 0. The third kappa shape index (κ3) is 1.03. The van der Waals surface area contributed by atoms with Crippen LogP contribution in [-0.2, 0) is 4.79 Å². The normalized spacial score (nSPS) is 29.1. The van der Waals surface area contributed by atoms with Crippen LogP contribution in [0.4, 0.5) is 0 Å². The highest BCUT2D eigenvalue weighted by atomic mass is 32.2. The van der Waals surface area contributed by atoms with Crippen LogP contribution in [0.15, 0.2) is 0 Å². The average Bonchev–Trinajstić information content (AvgIpc) is 2.14. The Labute approximate surface area is 52.3 Å². The van der Waals surface area contributed by atoms with E-state index in [-0.39, 0.29) is 17.6 Å². The van der Waals surface area contributed by atoms with Gasteiger partial charge in [-0.25, -0.2) is 0 Å². The van der Waals surface area contributed by atoms with E-state index in [1.54, 1.807) is 0 Å². The van der Waals surface area contributed by atoms with Crippen LogP contribution in [0, 0.1) is 5.92 Å². The number of aliphatic hydroxyl groups is 1. The molecule has 1 heterocycles. The molecule has 2 nitrogen and oxygen atoms in total. The average molecular weight is 132 g/mol. The molecular weight excluding hydrogens is 124 g/mol. The predicted molar refractivity (Wildman–Crippen MR) is 32.7 cm³/mol. The molecule has 1 unspecified atom stereocenters. The van der Waals surface area contributed by atoms with E-state index in [0.29, 0.717) is 0 Å². The Kier molecular flexibility index (Phi) is 1.91. The van der Waals surface area contributed by atoms with Crippen LogP contribution in [-0.4, -0.2) is 22.6 Å². The molecule has 0 aromatic carbocycles. The maximum Gasteiger partial charge on any atom is 0.194 e. The minimum atomic E-state index is -0.0556. The van der Waals surface area contributed by atoms with Gasteiger partial charge in [0.15, 0.2) is 5.12 Å². The molecular formula is C5H8O2S. The van der Waals surface area contributed by atoms with Crippen molar-refractivity contribution in [2.75, 3.05) is 12.4 Å². The topological polar surface area (TPSA) is 37.3 Å². The van der Waals surface area contributed by atoms with Gasteiger partial charge in [-0.1, -0.05) is 11.8 Å². The van der Waals surface area contributed by atoms with E-state index in [4.69, 9.17) is 5.11 Å². The maximum absolute atomic E-state index is 10.6. The molecule has 8 heavy (non-hydrogen) atoms. The van der Waals surface area contributed by atoms with Gasteiger partial charge in [0.25, 0.3) is 0 Å². The summed E-state index contributed by atoms with van der Waals surface area (Å²) in [6.45, 7) is 0.0336. The standard InChI is InChI=1S/C5H8O2S/c6-3-4-1-2-8-5(4)7/h4,6H,1-3H2. The zero-order chi connectivity index (χ0) is 5.98. The monoisotopic (exact) mass is 132 g/mol. The fraction of sp³-hybridized carbons (Fsp3) is 0.800. The van der Waals surface area contributed by atoms with Crippen LogP contribution < -0.4 is 0 Å². The lowest BCUT2D eigenvalue weighted by Gasteiger charge is -1.96. The highest BCUT2D eigenvalue weighted by Crippen LogP contribution is 2.24. The molecule has 1 N–H and O–H groups in total. The first-order valence-electron chi connectivity index (χ1n) is 2.62. The second-order valence-corrected chi connectivity index (χ2v) is 2.93. The molecule has 1 atom stereocenters. The van der Waals surface area contributed by atoms with Crippen molar-refractivity contribution < 1.29 is 9.90 Å². The molecule has 46 valence electrons. The zero-order valence-corrected chi connectivity index (χ0v) is 5.28. The molecule has 0 aromatic heterocycles. The van der Waals surface area contributed by atoms with Gasteiger partial charge >= 0.3 is 0 Å². The van der Waals surface area contributed by atoms with Crippen LogP contribution in [0.2, 0.25) is 0 Å².